The number of amides is 2. The highest BCUT2D eigenvalue weighted by molar-refractivity contribution is 5.94. The molecular weight excluding hydrogens is 813 g/mol. The molecule has 4 fully saturated rings. The second-order valence-corrected chi connectivity index (χ2v) is 21.2. The number of hydrogen-bond acceptors (Lipinski definition) is 10. The van der Waals surface area contributed by atoms with E-state index in [0.717, 1.165) is 76.2 Å². The van der Waals surface area contributed by atoms with Crippen LogP contribution in [0.3, 0.4) is 0 Å². The molecule has 0 radical (unpaired) electrons. The summed E-state index contributed by atoms with van der Waals surface area (Å²) in [5, 5.41) is 15.5. The number of aliphatic hydroxyl groups excluding tert-OH is 1. The highest BCUT2D eigenvalue weighted by Gasteiger charge is 2.56. The summed E-state index contributed by atoms with van der Waals surface area (Å²) in [4.78, 5) is 53.0. The molecule has 2 heterocycles. The number of hydrogen-bond donors (Lipinski definition) is 3. The molecule has 2 saturated carbocycles. The van der Waals surface area contributed by atoms with Crippen LogP contribution in [0, 0.1) is 17.3 Å². The summed E-state index contributed by atoms with van der Waals surface area (Å²) in [6.07, 6.45) is 15.6. The Kier molecular flexibility index (Phi) is 16.6. The second-order valence-electron chi connectivity index (χ2n) is 21.2. The van der Waals surface area contributed by atoms with Gasteiger partial charge < -0.3 is 39.4 Å². The number of rotatable bonds is 20. The number of carbonyl (C=O) groups excluding carboxylic acids is 4. The van der Waals surface area contributed by atoms with E-state index in [1.165, 1.54) is 5.57 Å². The minimum absolute atomic E-state index is 0.00966. The molecule has 0 aromatic heterocycles. The Morgan fingerprint density at radius 2 is 1.70 bits per heavy atom. The van der Waals surface area contributed by atoms with Gasteiger partial charge in [0.1, 0.15) is 23.9 Å². The number of nitrogens with one attached hydrogen (secondary N) is 2. The van der Waals surface area contributed by atoms with E-state index in [1.54, 1.807) is 32.9 Å². The van der Waals surface area contributed by atoms with E-state index < -0.39 is 47.7 Å². The summed E-state index contributed by atoms with van der Waals surface area (Å²) in [6, 6.07) is 7.03. The molecule has 2 amide bonds. The van der Waals surface area contributed by atoms with E-state index in [9.17, 15) is 24.3 Å². The van der Waals surface area contributed by atoms with Crippen LogP contribution >= 0.6 is 0 Å². The van der Waals surface area contributed by atoms with Crippen LogP contribution in [0.25, 0.3) is 6.08 Å². The summed E-state index contributed by atoms with van der Waals surface area (Å²) in [6.45, 7) is 16.4. The van der Waals surface area contributed by atoms with Gasteiger partial charge in [-0.25, -0.2) is 4.79 Å². The Hall–Kier alpha value is -3.58. The van der Waals surface area contributed by atoms with Crippen LogP contribution in [0.4, 0.5) is 0 Å². The number of carbonyl (C=O) groups is 4. The number of esters is 2. The number of unbranched alkanes of at least 4 members (excludes halogenated alkanes) is 4. The fourth-order valence-electron chi connectivity index (χ4n) is 10.6. The number of allylic oxidation sites excluding steroid dienone is 1. The molecule has 6 rings (SSSR count). The normalized spacial score (nSPS) is 29.0. The molecule has 1 aromatic rings. The van der Waals surface area contributed by atoms with Crippen molar-refractivity contribution in [3.8, 4) is 0 Å². The highest BCUT2D eigenvalue weighted by atomic mass is 16.8. The Morgan fingerprint density at radius 1 is 0.969 bits per heavy atom. The molecule has 1 aromatic carbocycles. The topological polar surface area (TPSA) is 162 Å². The highest BCUT2D eigenvalue weighted by Crippen LogP contribution is 2.60. The monoisotopic (exact) mass is 891 g/mol. The lowest BCUT2D eigenvalue weighted by molar-refractivity contribution is -0.190. The van der Waals surface area contributed by atoms with Gasteiger partial charge in [-0.1, -0.05) is 77.2 Å². The van der Waals surface area contributed by atoms with Gasteiger partial charge in [-0.15, -0.1) is 0 Å². The van der Waals surface area contributed by atoms with Crippen LogP contribution in [0.2, 0.25) is 0 Å². The lowest BCUT2D eigenvalue weighted by atomic mass is 9.52. The van der Waals surface area contributed by atoms with Crippen LogP contribution in [0.1, 0.15) is 180 Å². The van der Waals surface area contributed by atoms with E-state index in [4.69, 9.17) is 23.7 Å². The molecule has 5 aliphatic rings. The Bertz CT molecular complexity index is 1860. The Balaban J connectivity index is 1.14. The van der Waals surface area contributed by atoms with Crippen molar-refractivity contribution in [1.29, 1.82) is 0 Å². The van der Waals surface area contributed by atoms with E-state index >= 15 is 0 Å². The molecule has 3 N–H and O–H groups in total. The van der Waals surface area contributed by atoms with Gasteiger partial charge in [-0.2, -0.15) is 0 Å². The fourth-order valence-corrected chi connectivity index (χ4v) is 10.6. The van der Waals surface area contributed by atoms with E-state index in [0.29, 0.717) is 47.3 Å². The molecule has 0 spiro atoms. The number of ether oxygens (including phenoxy) is 5. The largest absolute Gasteiger partial charge is 0.460 e. The molecule has 0 bridgehead atoms. The maximum absolute atomic E-state index is 14.2. The van der Waals surface area contributed by atoms with Gasteiger partial charge in [-0.3, -0.25) is 14.4 Å². The average molecular weight is 891 g/mol. The van der Waals surface area contributed by atoms with Crippen molar-refractivity contribution in [2.24, 2.45) is 17.3 Å². The molecular formula is C52H78N2O10. The summed E-state index contributed by atoms with van der Waals surface area (Å²) in [5.74, 6) is -1.36. The van der Waals surface area contributed by atoms with E-state index in [2.05, 4.69) is 57.4 Å². The van der Waals surface area contributed by atoms with Crippen molar-refractivity contribution in [2.45, 2.75) is 212 Å². The smallest absolute Gasteiger partial charge is 0.338 e. The van der Waals surface area contributed by atoms with Crippen LogP contribution in [0.15, 0.2) is 41.5 Å². The zero-order valence-electron chi connectivity index (χ0n) is 40.1. The Labute approximate surface area is 382 Å². The third-order valence-corrected chi connectivity index (χ3v) is 14.3. The standard InChI is InChI=1S/C52H78N2O10/c1-9-11-13-24-52(25-14-12-10-2)61-42-31-37(47(58)53-27-23-44(56)54-38(33-55)19-21-45(57)63-49(3,4)5)30-41(46(42)64-52)60-48(59)36-17-15-16-34(29-36)28-35-18-20-43-51(8,62-43)26-22-40-39(35)32-50(40,6)7/h15-17,28-29,31,38-43,46,55H,9-14,18-27,30,32-33H2,1-8H3,(H,53,58)(H,54,56). The summed E-state index contributed by atoms with van der Waals surface area (Å²) in [5.41, 5.74) is 2.92. The number of epoxide rings is 1. The lowest BCUT2D eigenvalue weighted by Gasteiger charge is -2.53. The van der Waals surface area contributed by atoms with Crippen molar-refractivity contribution in [3.63, 3.8) is 0 Å². The zero-order chi connectivity index (χ0) is 46.3. The molecule has 3 aliphatic carbocycles. The van der Waals surface area contributed by atoms with Gasteiger partial charge in [-0.05, 0) is 120 Å². The maximum Gasteiger partial charge on any atom is 0.338 e. The summed E-state index contributed by atoms with van der Waals surface area (Å²) >= 11 is 0. The van der Waals surface area contributed by atoms with Gasteiger partial charge in [0, 0.05) is 44.2 Å². The van der Waals surface area contributed by atoms with Crippen molar-refractivity contribution >= 4 is 29.8 Å². The van der Waals surface area contributed by atoms with Gasteiger partial charge in [0.2, 0.25) is 11.8 Å². The summed E-state index contributed by atoms with van der Waals surface area (Å²) in [7, 11) is 0. The molecule has 12 heteroatoms. The molecule has 2 saturated heterocycles. The van der Waals surface area contributed by atoms with Gasteiger partial charge in [0.15, 0.2) is 5.79 Å². The van der Waals surface area contributed by atoms with Crippen LogP contribution in [-0.4, -0.2) is 89.5 Å². The lowest BCUT2D eigenvalue weighted by Crippen LogP contribution is -2.45. The van der Waals surface area contributed by atoms with E-state index in [-0.39, 0.29) is 56.3 Å². The quantitative estimate of drug-likeness (QED) is 0.0655. The maximum atomic E-state index is 14.2. The molecule has 12 nitrogen and oxygen atoms in total. The SMILES string of the molecule is CCCCCC1(CCCCC)OC2C=C(C(=O)NCCC(=O)NC(CO)CCC(=O)OC(C)(C)C)CC(OC(=O)c3cccc(C=C4CCC5OC5(C)CCC5C4CC5(C)C)c3)C2O1. The number of fused-ring (bicyclic) bond motifs is 3. The number of benzene rings is 1. The predicted octanol–water partition coefficient (Wildman–Crippen LogP) is 9.07. The zero-order valence-corrected chi connectivity index (χ0v) is 40.1. The van der Waals surface area contributed by atoms with Gasteiger partial charge in [0.25, 0.3) is 0 Å². The minimum Gasteiger partial charge on any atom is -0.460 e. The van der Waals surface area contributed by atoms with Crippen LogP contribution in [-0.2, 0) is 38.1 Å². The van der Waals surface area contributed by atoms with Crippen LogP contribution < -0.4 is 10.6 Å². The van der Waals surface area contributed by atoms with Crippen LogP contribution in [0.5, 0.6) is 0 Å². The third kappa shape index (κ3) is 13.1. The minimum atomic E-state index is -0.850. The first-order valence-electron chi connectivity index (χ1n) is 24.5. The second kappa shape index (κ2) is 21.4. The van der Waals surface area contributed by atoms with Crippen molar-refractivity contribution in [2.75, 3.05) is 13.2 Å². The molecule has 356 valence electrons. The fraction of sp³-hybridized carbons (Fsp3) is 0.731. The summed E-state index contributed by atoms with van der Waals surface area (Å²) < 4.78 is 31.5. The molecule has 64 heavy (non-hydrogen) atoms. The van der Waals surface area contributed by atoms with Crippen molar-refractivity contribution in [1.82, 2.24) is 10.6 Å². The molecule has 8 unspecified atom stereocenters. The van der Waals surface area contributed by atoms with Crippen molar-refractivity contribution in [3.05, 3.63) is 52.6 Å². The Morgan fingerprint density at radius 3 is 2.38 bits per heavy atom. The number of aliphatic hydroxyl groups is 1. The van der Waals surface area contributed by atoms with Gasteiger partial charge in [0.05, 0.1) is 29.9 Å². The average Bonchev–Trinajstić information content (AvgIpc) is 3.71. The van der Waals surface area contributed by atoms with Crippen molar-refractivity contribution < 1.29 is 48.0 Å². The van der Waals surface area contributed by atoms with Gasteiger partial charge >= 0.3 is 11.9 Å². The first-order chi connectivity index (χ1) is 30.4. The molecule has 2 aliphatic heterocycles. The first-order valence-corrected chi connectivity index (χ1v) is 24.5. The first kappa shape index (κ1) is 49.8. The molecule has 8 atom stereocenters. The van der Waals surface area contributed by atoms with E-state index in [1.807, 2.05) is 12.1 Å². The predicted molar refractivity (Wildman–Crippen MR) is 246 cm³/mol. The third-order valence-electron chi connectivity index (χ3n) is 14.3.